The summed E-state index contributed by atoms with van der Waals surface area (Å²) in [6, 6.07) is 22.4. The molecule has 7 heteroatoms. The lowest BCUT2D eigenvalue weighted by Crippen LogP contribution is -2.38. The van der Waals surface area contributed by atoms with Crippen molar-refractivity contribution in [3.05, 3.63) is 112 Å². The number of carbonyl (C=O) groups excluding carboxylic acids is 2. The van der Waals surface area contributed by atoms with E-state index in [1.807, 2.05) is 48.5 Å². The number of aromatic nitrogens is 2. The highest BCUT2D eigenvalue weighted by Gasteiger charge is 2.44. The minimum absolute atomic E-state index is 0.269. The number of carbonyl (C=O) groups is 2. The maximum Gasteiger partial charge on any atom is 0.323 e. The van der Waals surface area contributed by atoms with E-state index in [2.05, 4.69) is 25.9 Å². The van der Waals surface area contributed by atoms with E-state index in [-0.39, 0.29) is 11.5 Å². The fraction of sp³-hybridized carbons (Fsp3) is 0.0769. The third-order valence-corrected chi connectivity index (χ3v) is 6.32. The SMILES string of the molecule is O=C1Oc2ccccc2C(=O)C1C(c1ccc(-c2ccc(Br)cc2)cc1)c1ncc(Cl)cn1. The van der Waals surface area contributed by atoms with Crippen molar-refractivity contribution in [3.63, 3.8) is 0 Å². The van der Waals surface area contributed by atoms with Crippen molar-refractivity contribution >= 4 is 39.3 Å². The van der Waals surface area contributed by atoms with E-state index in [1.54, 1.807) is 24.3 Å². The number of rotatable bonds is 4. The second kappa shape index (κ2) is 8.89. The van der Waals surface area contributed by atoms with Gasteiger partial charge >= 0.3 is 5.97 Å². The predicted octanol–water partition coefficient (Wildman–Crippen LogP) is 6.11. The highest BCUT2D eigenvalue weighted by Crippen LogP contribution is 2.39. The summed E-state index contributed by atoms with van der Waals surface area (Å²) in [5, 5.41) is 0.367. The van der Waals surface area contributed by atoms with Gasteiger partial charge in [0.2, 0.25) is 0 Å². The van der Waals surface area contributed by atoms with Crippen molar-refractivity contribution in [1.82, 2.24) is 9.97 Å². The van der Waals surface area contributed by atoms with Gasteiger partial charge in [-0.3, -0.25) is 9.59 Å². The molecule has 0 spiro atoms. The van der Waals surface area contributed by atoms with E-state index in [1.165, 1.54) is 12.4 Å². The number of fused-ring (bicyclic) bond motifs is 1. The molecule has 0 saturated carbocycles. The summed E-state index contributed by atoms with van der Waals surface area (Å²) in [4.78, 5) is 35.1. The van der Waals surface area contributed by atoms with Crippen LogP contribution < -0.4 is 4.74 Å². The summed E-state index contributed by atoms with van der Waals surface area (Å²) in [5.41, 5.74) is 3.15. The monoisotopic (exact) mass is 518 g/mol. The molecule has 3 aromatic carbocycles. The molecule has 0 aliphatic carbocycles. The van der Waals surface area contributed by atoms with Crippen LogP contribution in [-0.4, -0.2) is 21.7 Å². The first-order valence-electron chi connectivity index (χ1n) is 10.2. The Morgan fingerprint density at radius 1 is 0.848 bits per heavy atom. The maximum absolute atomic E-state index is 13.4. The third-order valence-electron chi connectivity index (χ3n) is 5.60. The van der Waals surface area contributed by atoms with Crippen LogP contribution >= 0.6 is 27.5 Å². The lowest BCUT2D eigenvalue weighted by molar-refractivity contribution is -0.138. The van der Waals surface area contributed by atoms with Gasteiger partial charge in [0, 0.05) is 16.9 Å². The fourth-order valence-electron chi connectivity index (χ4n) is 3.99. The number of esters is 1. The molecule has 4 aromatic rings. The van der Waals surface area contributed by atoms with Gasteiger partial charge in [-0.2, -0.15) is 0 Å². The Hall–Kier alpha value is -3.35. The van der Waals surface area contributed by atoms with E-state index < -0.39 is 17.8 Å². The second-order valence-electron chi connectivity index (χ2n) is 7.63. The zero-order valence-corrected chi connectivity index (χ0v) is 19.5. The molecule has 5 nitrogen and oxygen atoms in total. The van der Waals surface area contributed by atoms with E-state index in [9.17, 15) is 9.59 Å². The molecule has 33 heavy (non-hydrogen) atoms. The van der Waals surface area contributed by atoms with Crippen molar-refractivity contribution < 1.29 is 14.3 Å². The molecule has 0 radical (unpaired) electrons. The summed E-state index contributed by atoms with van der Waals surface area (Å²) < 4.78 is 6.52. The topological polar surface area (TPSA) is 69.2 Å². The zero-order chi connectivity index (χ0) is 22.9. The third kappa shape index (κ3) is 4.19. The molecule has 1 aliphatic heterocycles. The van der Waals surface area contributed by atoms with E-state index in [0.717, 1.165) is 21.2 Å². The lowest BCUT2D eigenvalue weighted by atomic mass is 9.79. The van der Waals surface area contributed by atoms with Gasteiger partial charge in [-0.05, 0) is 41.0 Å². The molecular weight excluding hydrogens is 504 g/mol. The number of hydrogen-bond donors (Lipinski definition) is 0. The first-order valence-corrected chi connectivity index (χ1v) is 11.4. The number of ketones is 1. The largest absolute Gasteiger partial charge is 0.425 e. The first kappa shape index (κ1) is 21.5. The number of nitrogens with zero attached hydrogens (tertiary/aromatic N) is 2. The van der Waals surface area contributed by atoms with Gasteiger partial charge in [-0.25, -0.2) is 9.97 Å². The summed E-state index contributed by atoms with van der Waals surface area (Å²) in [6.45, 7) is 0. The van der Waals surface area contributed by atoms with Gasteiger partial charge in [0.25, 0.3) is 0 Å². The number of hydrogen-bond acceptors (Lipinski definition) is 5. The fourth-order valence-corrected chi connectivity index (χ4v) is 4.35. The quantitative estimate of drug-likeness (QED) is 0.185. The van der Waals surface area contributed by atoms with Crippen molar-refractivity contribution in [3.8, 4) is 16.9 Å². The zero-order valence-electron chi connectivity index (χ0n) is 17.1. The number of halogens is 2. The highest BCUT2D eigenvalue weighted by atomic mass is 79.9. The van der Waals surface area contributed by atoms with Crippen molar-refractivity contribution in [2.24, 2.45) is 5.92 Å². The van der Waals surface area contributed by atoms with Crippen LogP contribution in [0.3, 0.4) is 0 Å². The van der Waals surface area contributed by atoms with Crippen LogP contribution in [0, 0.1) is 5.92 Å². The van der Waals surface area contributed by atoms with Crippen LogP contribution in [0.15, 0.2) is 89.7 Å². The Kier molecular flexibility index (Phi) is 5.79. The Morgan fingerprint density at radius 2 is 1.45 bits per heavy atom. The molecule has 0 amide bonds. The molecule has 0 fully saturated rings. The molecule has 0 N–H and O–H groups in total. The van der Waals surface area contributed by atoms with Crippen LogP contribution in [-0.2, 0) is 4.79 Å². The smallest absolute Gasteiger partial charge is 0.323 e. The average Bonchev–Trinajstić information content (AvgIpc) is 2.83. The van der Waals surface area contributed by atoms with Gasteiger partial charge in [0.15, 0.2) is 5.78 Å². The highest BCUT2D eigenvalue weighted by molar-refractivity contribution is 9.10. The first-order chi connectivity index (χ1) is 16.0. The molecular formula is C26H16BrClN2O3. The average molecular weight is 520 g/mol. The summed E-state index contributed by atoms with van der Waals surface area (Å²) >= 11 is 9.43. The summed E-state index contributed by atoms with van der Waals surface area (Å²) in [6.07, 6.45) is 2.92. The van der Waals surface area contributed by atoms with Gasteiger partial charge in [0.05, 0.1) is 16.5 Å². The van der Waals surface area contributed by atoms with Gasteiger partial charge < -0.3 is 4.74 Å². The Labute approximate surface area is 203 Å². The van der Waals surface area contributed by atoms with Crippen LogP contribution in [0.25, 0.3) is 11.1 Å². The van der Waals surface area contributed by atoms with Gasteiger partial charge in [0.1, 0.15) is 17.5 Å². The normalized spacial score (nSPS) is 16.1. The van der Waals surface area contributed by atoms with E-state index in [0.29, 0.717) is 16.4 Å². The lowest BCUT2D eigenvalue weighted by Gasteiger charge is -2.28. The minimum Gasteiger partial charge on any atom is -0.425 e. The number of ether oxygens (including phenoxy) is 1. The van der Waals surface area contributed by atoms with Crippen molar-refractivity contribution in [2.75, 3.05) is 0 Å². The summed E-state index contributed by atoms with van der Waals surface area (Å²) in [5.74, 6) is -2.19. The molecule has 2 heterocycles. The maximum atomic E-state index is 13.4. The molecule has 162 valence electrons. The van der Waals surface area contributed by atoms with Crippen LogP contribution in [0.1, 0.15) is 27.7 Å². The number of benzene rings is 3. The van der Waals surface area contributed by atoms with E-state index in [4.69, 9.17) is 16.3 Å². The predicted molar refractivity (Wildman–Crippen MR) is 128 cm³/mol. The molecule has 1 aromatic heterocycles. The Bertz CT molecular complexity index is 1340. The molecule has 2 atom stereocenters. The van der Waals surface area contributed by atoms with Crippen LogP contribution in [0.5, 0.6) is 5.75 Å². The second-order valence-corrected chi connectivity index (χ2v) is 8.98. The van der Waals surface area contributed by atoms with Crippen LogP contribution in [0.2, 0.25) is 5.02 Å². The number of Topliss-reactive ketones (excluding diaryl/α,β-unsaturated/α-hetero) is 1. The number of para-hydroxylation sites is 1. The molecule has 5 rings (SSSR count). The Morgan fingerprint density at radius 3 is 2.12 bits per heavy atom. The molecule has 2 unspecified atom stereocenters. The summed E-state index contributed by atoms with van der Waals surface area (Å²) in [7, 11) is 0. The van der Waals surface area contributed by atoms with Gasteiger partial charge in [-0.15, -0.1) is 0 Å². The molecule has 1 aliphatic rings. The molecule has 0 bridgehead atoms. The standard InChI is InChI=1S/C26H16BrClN2O3/c27-18-11-9-16(10-12-18)15-5-7-17(8-6-15)22(25-29-13-19(28)14-30-25)23-24(31)20-3-1-2-4-21(20)33-26(23)32/h1-14,22-23H. The minimum atomic E-state index is -1.11. The van der Waals surface area contributed by atoms with Crippen molar-refractivity contribution in [2.45, 2.75) is 5.92 Å². The Balaban J connectivity index is 1.58. The molecule has 0 saturated heterocycles. The van der Waals surface area contributed by atoms with E-state index >= 15 is 0 Å². The van der Waals surface area contributed by atoms with Crippen molar-refractivity contribution in [1.29, 1.82) is 0 Å². The van der Waals surface area contributed by atoms with Crippen LogP contribution in [0.4, 0.5) is 0 Å². The van der Waals surface area contributed by atoms with Gasteiger partial charge in [-0.1, -0.05) is 76.1 Å².